The van der Waals surface area contributed by atoms with Gasteiger partial charge in [-0.3, -0.25) is 9.59 Å². The fraction of sp³-hybridized carbons (Fsp3) is 0.619. The van der Waals surface area contributed by atoms with E-state index >= 15 is 0 Å². The van der Waals surface area contributed by atoms with Gasteiger partial charge in [-0.15, -0.1) is 12.4 Å². The average molecular weight is 410 g/mol. The number of carbonyl (C=O) groups excluding carboxylic acids is 2. The minimum absolute atomic E-state index is 0. The third-order valence-corrected chi connectivity index (χ3v) is 5.76. The molecule has 2 aliphatic heterocycles. The maximum absolute atomic E-state index is 12.9. The van der Waals surface area contributed by atoms with E-state index < -0.39 is 5.41 Å². The molecular formula is C21H32ClN3O3. The Hall–Kier alpha value is -1.63. The highest BCUT2D eigenvalue weighted by Crippen LogP contribution is 2.31. The van der Waals surface area contributed by atoms with Crippen LogP contribution < -0.4 is 10.6 Å². The number of hydrogen-bond donors (Lipinski definition) is 2. The van der Waals surface area contributed by atoms with Crippen molar-refractivity contribution in [1.29, 1.82) is 0 Å². The molecule has 0 aromatic heterocycles. The summed E-state index contributed by atoms with van der Waals surface area (Å²) in [7, 11) is 1.65. The second-order valence-corrected chi connectivity index (χ2v) is 7.70. The predicted molar refractivity (Wildman–Crippen MR) is 113 cm³/mol. The highest BCUT2D eigenvalue weighted by molar-refractivity contribution is 5.95. The van der Waals surface area contributed by atoms with Crippen LogP contribution in [0.1, 0.15) is 37.7 Å². The molecule has 2 heterocycles. The largest absolute Gasteiger partial charge is 0.384 e. The number of nitrogens with zero attached hydrogens (tertiary/aromatic N) is 1. The van der Waals surface area contributed by atoms with Gasteiger partial charge in [0.2, 0.25) is 11.8 Å². The number of rotatable bonds is 7. The molecule has 0 saturated carbocycles. The van der Waals surface area contributed by atoms with E-state index in [-0.39, 0.29) is 24.2 Å². The Morgan fingerprint density at radius 3 is 2.39 bits per heavy atom. The van der Waals surface area contributed by atoms with Crippen LogP contribution >= 0.6 is 12.4 Å². The third-order valence-electron chi connectivity index (χ3n) is 5.76. The van der Waals surface area contributed by atoms with Crippen molar-refractivity contribution in [3.8, 4) is 0 Å². The summed E-state index contributed by atoms with van der Waals surface area (Å²) in [5.41, 5.74) is 1.46. The first-order valence-corrected chi connectivity index (χ1v) is 10.0. The zero-order valence-corrected chi connectivity index (χ0v) is 17.5. The molecule has 1 aromatic rings. The van der Waals surface area contributed by atoms with Crippen LogP contribution in [-0.2, 0) is 20.7 Å². The van der Waals surface area contributed by atoms with Crippen molar-refractivity contribution in [1.82, 2.24) is 10.2 Å². The van der Waals surface area contributed by atoms with Gasteiger partial charge in [0.25, 0.3) is 0 Å². The van der Waals surface area contributed by atoms with Crippen molar-refractivity contribution < 1.29 is 14.3 Å². The quantitative estimate of drug-likeness (QED) is 0.726. The summed E-state index contributed by atoms with van der Waals surface area (Å²) in [6, 6.07) is 7.85. The topological polar surface area (TPSA) is 70.7 Å². The maximum atomic E-state index is 12.9. The number of nitrogens with one attached hydrogen (secondary N) is 2. The lowest BCUT2D eigenvalue weighted by atomic mass is 9.78. The van der Waals surface area contributed by atoms with Crippen molar-refractivity contribution >= 4 is 29.9 Å². The second-order valence-electron chi connectivity index (χ2n) is 7.70. The molecule has 28 heavy (non-hydrogen) atoms. The summed E-state index contributed by atoms with van der Waals surface area (Å²) in [6.45, 7) is 3.92. The first-order chi connectivity index (χ1) is 13.1. The van der Waals surface area contributed by atoms with Crippen LogP contribution in [0.5, 0.6) is 0 Å². The van der Waals surface area contributed by atoms with Crippen molar-refractivity contribution in [2.75, 3.05) is 45.2 Å². The van der Waals surface area contributed by atoms with E-state index in [1.54, 1.807) is 7.11 Å². The molecule has 0 atom stereocenters. The van der Waals surface area contributed by atoms with Gasteiger partial charge in [-0.05, 0) is 62.9 Å². The molecule has 0 bridgehead atoms. The zero-order valence-electron chi connectivity index (χ0n) is 16.7. The second kappa shape index (κ2) is 10.8. The van der Waals surface area contributed by atoms with Crippen molar-refractivity contribution in [3.63, 3.8) is 0 Å². The van der Waals surface area contributed by atoms with Gasteiger partial charge >= 0.3 is 0 Å². The van der Waals surface area contributed by atoms with Crippen molar-refractivity contribution in [2.24, 2.45) is 5.41 Å². The summed E-state index contributed by atoms with van der Waals surface area (Å²) < 4.78 is 5.33. The molecule has 2 amide bonds. The zero-order chi connectivity index (χ0) is 19.1. The van der Waals surface area contributed by atoms with Crippen molar-refractivity contribution in [3.05, 3.63) is 29.8 Å². The predicted octanol–water partition coefficient (Wildman–Crippen LogP) is 2.62. The van der Waals surface area contributed by atoms with Gasteiger partial charge in [-0.1, -0.05) is 12.1 Å². The molecule has 0 spiro atoms. The lowest BCUT2D eigenvalue weighted by molar-refractivity contribution is -0.131. The summed E-state index contributed by atoms with van der Waals surface area (Å²) >= 11 is 0. The molecular weight excluding hydrogens is 378 g/mol. The molecule has 2 N–H and O–H groups in total. The van der Waals surface area contributed by atoms with E-state index in [0.29, 0.717) is 13.0 Å². The van der Waals surface area contributed by atoms with Gasteiger partial charge in [0.15, 0.2) is 0 Å². The Balaban J connectivity index is 0.00000280. The number of carbonyl (C=O) groups is 2. The number of ether oxygens (including phenoxy) is 1. The number of halogens is 1. The van der Waals surface area contributed by atoms with Crippen LogP contribution in [0.2, 0.25) is 0 Å². The molecule has 0 radical (unpaired) electrons. The van der Waals surface area contributed by atoms with Crippen LogP contribution in [0.3, 0.4) is 0 Å². The number of amides is 2. The first-order valence-electron chi connectivity index (χ1n) is 10.0. The van der Waals surface area contributed by atoms with E-state index in [1.165, 1.54) is 0 Å². The van der Waals surface area contributed by atoms with E-state index in [9.17, 15) is 9.59 Å². The fourth-order valence-corrected chi connectivity index (χ4v) is 4.01. The highest BCUT2D eigenvalue weighted by atomic mass is 35.5. The van der Waals surface area contributed by atoms with Gasteiger partial charge in [-0.25, -0.2) is 0 Å². The SMILES string of the molecule is COCC1(C(=O)Nc2ccc(CCC(=O)N3CCCC3)cc2)CCNCC1.Cl. The molecule has 2 fully saturated rings. The standard InChI is InChI=1S/C21H31N3O3.ClH/c1-27-16-21(10-12-22-13-11-21)20(26)23-18-7-4-17(5-8-18)6-9-19(25)24-14-2-3-15-24;/h4-5,7-8,22H,2-3,6,9-16H2,1H3,(H,23,26);1H. The minimum atomic E-state index is -0.458. The van der Waals surface area contributed by atoms with Crippen LogP contribution in [0.4, 0.5) is 5.69 Å². The van der Waals surface area contributed by atoms with Crippen LogP contribution in [-0.4, -0.2) is 56.6 Å². The van der Waals surface area contributed by atoms with Crippen molar-refractivity contribution in [2.45, 2.75) is 38.5 Å². The van der Waals surface area contributed by atoms with Gasteiger partial charge in [0, 0.05) is 32.3 Å². The smallest absolute Gasteiger partial charge is 0.233 e. The third kappa shape index (κ3) is 5.69. The molecule has 6 nitrogen and oxygen atoms in total. The lowest BCUT2D eigenvalue weighted by Gasteiger charge is -2.35. The highest BCUT2D eigenvalue weighted by Gasteiger charge is 2.39. The maximum Gasteiger partial charge on any atom is 0.233 e. The van der Waals surface area contributed by atoms with Gasteiger partial charge in [-0.2, -0.15) is 0 Å². The van der Waals surface area contributed by atoms with Gasteiger partial charge in [0.1, 0.15) is 0 Å². The molecule has 2 aliphatic rings. The number of methoxy groups -OCH3 is 1. The number of hydrogen-bond acceptors (Lipinski definition) is 4. The van der Waals surface area contributed by atoms with Gasteiger partial charge < -0.3 is 20.3 Å². The molecule has 7 heteroatoms. The average Bonchev–Trinajstić information content (AvgIpc) is 3.23. The number of anilines is 1. The molecule has 0 aliphatic carbocycles. The molecule has 156 valence electrons. The summed E-state index contributed by atoms with van der Waals surface area (Å²) in [5.74, 6) is 0.278. The van der Waals surface area contributed by atoms with E-state index in [1.807, 2.05) is 29.2 Å². The Bertz CT molecular complexity index is 633. The Morgan fingerprint density at radius 1 is 1.14 bits per heavy atom. The van der Waals surface area contributed by atoms with Crippen LogP contribution in [0.25, 0.3) is 0 Å². The Kier molecular flexibility index (Phi) is 8.73. The van der Waals surface area contributed by atoms with Crippen LogP contribution in [0.15, 0.2) is 24.3 Å². The minimum Gasteiger partial charge on any atom is -0.384 e. The molecule has 2 saturated heterocycles. The van der Waals surface area contributed by atoms with Gasteiger partial charge in [0.05, 0.1) is 12.0 Å². The summed E-state index contributed by atoms with van der Waals surface area (Å²) in [4.78, 5) is 27.0. The Morgan fingerprint density at radius 2 is 1.79 bits per heavy atom. The van der Waals surface area contributed by atoms with E-state index in [0.717, 1.165) is 69.5 Å². The fourth-order valence-electron chi connectivity index (χ4n) is 4.01. The lowest BCUT2D eigenvalue weighted by Crippen LogP contribution is -2.47. The molecule has 3 rings (SSSR count). The van der Waals surface area contributed by atoms with E-state index in [2.05, 4.69) is 10.6 Å². The summed E-state index contributed by atoms with van der Waals surface area (Å²) in [6.07, 6.45) is 5.10. The Labute approximate surface area is 173 Å². The van der Waals surface area contributed by atoms with Crippen LogP contribution in [0, 0.1) is 5.41 Å². The normalized spacial score (nSPS) is 18.4. The first kappa shape index (κ1) is 22.7. The number of piperidine rings is 1. The number of benzene rings is 1. The van der Waals surface area contributed by atoms with E-state index in [4.69, 9.17) is 4.74 Å². The monoisotopic (exact) mass is 409 g/mol. The molecule has 0 unspecified atom stereocenters. The number of aryl methyl sites for hydroxylation is 1. The molecule has 1 aromatic carbocycles. The summed E-state index contributed by atoms with van der Waals surface area (Å²) in [5, 5.41) is 6.35. The number of likely N-dealkylation sites (tertiary alicyclic amines) is 1.